The van der Waals surface area contributed by atoms with Gasteiger partial charge in [-0.25, -0.2) is 9.97 Å². The summed E-state index contributed by atoms with van der Waals surface area (Å²) >= 11 is 3.52. The number of rotatable bonds is 6. The zero-order valence-corrected chi connectivity index (χ0v) is 15.3. The summed E-state index contributed by atoms with van der Waals surface area (Å²) in [4.78, 5) is 11.4. The maximum absolute atomic E-state index is 4.73. The monoisotopic (exact) mass is 381 g/mol. The third kappa shape index (κ3) is 4.42. The number of aromatic nitrogens is 2. The molecule has 24 heavy (non-hydrogen) atoms. The average molecular weight is 382 g/mol. The Labute approximate surface area is 151 Å². The maximum Gasteiger partial charge on any atom is 0.134 e. The molecular weight excluding hydrogens is 362 g/mol. The number of anilines is 1. The first-order valence-corrected chi connectivity index (χ1v) is 8.90. The highest BCUT2D eigenvalue weighted by Crippen LogP contribution is 2.21. The van der Waals surface area contributed by atoms with Crippen molar-refractivity contribution in [2.75, 3.05) is 4.90 Å². The van der Waals surface area contributed by atoms with Crippen LogP contribution in [0.15, 0.2) is 71.3 Å². The van der Waals surface area contributed by atoms with E-state index in [1.807, 2.05) is 18.2 Å². The smallest absolute Gasteiger partial charge is 0.134 e. The highest BCUT2D eigenvalue weighted by Gasteiger charge is 2.12. The molecule has 0 atom stereocenters. The van der Waals surface area contributed by atoms with Gasteiger partial charge in [-0.15, -0.1) is 0 Å². The third-order valence-electron chi connectivity index (χ3n) is 3.80. The Morgan fingerprint density at radius 3 is 1.88 bits per heavy atom. The van der Waals surface area contributed by atoms with Crippen LogP contribution < -0.4 is 4.90 Å². The van der Waals surface area contributed by atoms with Crippen molar-refractivity contribution in [3.63, 3.8) is 0 Å². The van der Waals surface area contributed by atoms with E-state index >= 15 is 0 Å². The van der Waals surface area contributed by atoms with Crippen LogP contribution in [0.25, 0.3) is 0 Å². The summed E-state index contributed by atoms with van der Waals surface area (Å²) in [7, 11) is 0. The molecule has 0 aliphatic heterocycles. The second kappa shape index (κ2) is 8.06. The standard InChI is InChI=1S/C20H20BrN3/c1-2-19-22-18(21)13-20(23-19)24(14-16-9-5-3-6-10-16)15-17-11-7-4-8-12-17/h3-13H,2,14-15H2,1H3. The van der Waals surface area contributed by atoms with E-state index in [0.29, 0.717) is 0 Å². The van der Waals surface area contributed by atoms with Crippen LogP contribution in [0.1, 0.15) is 23.9 Å². The van der Waals surface area contributed by atoms with E-state index in [4.69, 9.17) is 4.98 Å². The molecule has 0 amide bonds. The lowest BCUT2D eigenvalue weighted by atomic mass is 10.1. The fourth-order valence-electron chi connectivity index (χ4n) is 2.60. The zero-order valence-electron chi connectivity index (χ0n) is 13.7. The van der Waals surface area contributed by atoms with Gasteiger partial charge >= 0.3 is 0 Å². The van der Waals surface area contributed by atoms with Crippen molar-refractivity contribution >= 4 is 21.7 Å². The summed E-state index contributed by atoms with van der Waals surface area (Å²) in [6.45, 7) is 3.69. The van der Waals surface area contributed by atoms with Gasteiger partial charge in [0.15, 0.2) is 0 Å². The summed E-state index contributed by atoms with van der Waals surface area (Å²) in [6, 6.07) is 23.0. The molecule has 0 saturated heterocycles. The highest BCUT2D eigenvalue weighted by molar-refractivity contribution is 9.10. The minimum absolute atomic E-state index is 0.808. The summed E-state index contributed by atoms with van der Waals surface area (Å²) in [6.07, 6.45) is 0.816. The molecule has 0 unspecified atom stereocenters. The number of hydrogen-bond donors (Lipinski definition) is 0. The van der Waals surface area contributed by atoms with E-state index in [0.717, 1.165) is 35.8 Å². The van der Waals surface area contributed by atoms with Gasteiger partial charge in [-0.05, 0) is 27.1 Å². The third-order valence-corrected chi connectivity index (χ3v) is 4.21. The van der Waals surface area contributed by atoms with Crippen LogP contribution >= 0.6 is 15.9 Å². The molecule has 0 N–H and O–H groups in total. The Balaban J connectivity index is 1.93. The van der Waals surface area contributed by atoms with Crippen LogP contribution in [-0.2, 0) is 19.5 Å². The van der Waals surface area contributed by atoms with Crippen molar-refractivity contribution in [3.8, 4) is 0 Å². The Morgan fingerprint density at radius 2 is 1.38 bits per heavy atom. The second-order valence-electron chi connectivity index (χ2n) is 5.65. The predicted octanol–water partition coefficient (Wildman–Crippen LogP) is 5.01. The van der Waals surface area contributed by atoms with Crippen molar-refractivity contribution in [3.05, 3.63) is 88.3 Å². The predicted molar refractivity (Wildman–Crippen MR) is 102 cm³/mol. The van der Waals surface area contributed by atoms with E-state index in [9.17, 15) is 0 Å². The fourth-order valence-corrected chi connectivity index (χ4v) is 3.01. The van der Waals surface area contributed by atoms with E-state index in [-0.39, 0.29) is 0 Å². The second-order valence-corrected chi connectivity index (χ2v) is 6.46. The van der Waals surface area contributed by atoms with Crippen LogP contribution in [-0.4, -0.2) is 9.97 Å². The first-order chi connectivity index (χ1) is 11.7. The van der Waals surface area contributed by atoms with Crippen molar-refractivity contribution in [2.24, 2.45) is 0 Å². The molecule has 122 valence electrons. The van der Waals surface area contributed by atoms with E-state index < -0.39 is 0 Å². The molecule has 3 rings (SSSR count). The van der Waals surface area contributed by atoms with Crippen LogP contribution in [0.2, 0.25) is 0 Å². The Morgan fingerprint density at radius 1 is 0.833 bits per heavy atom. The Kier molecular flexibility index (Phi) is 5.59. The number of benzene rings is 2. The molecule has 0 bridgehead atoms. The molecule has 0 radical (unpaired) electrons. The lowest BCUT2D eigenvalue weighted by Gasteiger charge is -2.24. The van der Waals surface area contributed by atoms with Crippen molar-refractivity contribution in [2.45, 2.75) is 26.4 Å². The molecule has 4 heteroatoms. The number of nitrogens with zero attached hydrogens (tertiary/aromatic N) is 3. The molecule has 0 aliphatic carbocycles. The summed E-state index contributed by atoms with van der Waals surface area (Å²) < 4.78 is 0.829. The van der Waals surface area contributed by atoms with Crippen LogP contribution in [0, 0.1) is 0 Å². The Hall–Kier alpha value is -2.20. The molecule has 1 heterocycles. The first-order valence-electron chi connectivity index (χ1n) is 8.11. The molecule has 2 aromatic carbocycles. The van der Waals surface area contributed by atoms with Gasteiger partial charge in [0.05, 0.1) is 0 Å². The maximum atomic E-state index is 4.73. The minimum Gasteiger partial charge on any atom is -0.348 e. The van der Waals surface area contributed by atoms with Gasteiger partial charge in [0, 0.05) is 25.6 Å². The molecule has 1 aromatic heterocycles. The lowest BCUT2D eigenvalue weighted by molar-refractivity contribution is 0.768. The zero-order chi connectivity index (χ0) is 16.8. The summed E-state index contributed by atoms with van der Waals surface area (Å²) in [5.74, 6) is 1.80. The number of hydrogen-bond acceptors (Lipinski definition) is 3. The van der Waals surface area contributed by atoms with Crippen molar-refractivity contribution in [1.29, 1.82) is 0 Å². The van der Waals surface area contributed by atoms with Crippen LogP contribution in [0.5, 0.6) is 0 Å². The van der Waals surface area contributed by atoms with E-state index in [1.165, 1.54) is 11.1 Å². The van der Waals surface area contributed by atoms with Gasteiger partial charge in [0.25, 0.3) is 0 Å². The average Bonchev–Trinajstić information content (AvgIpc) is 2.62. The van der Waals surface area contributed by atoms with Crippen molar-refractivity contribution < 1.29 is 0 Å². The topological polar surface area (TPSA) is 29.0 Å². The van der Waals surface area contributed by atoms with Gasteiger partial charge in [0.1, 0.15) is 16.2 Å². The molecule has 0 aliphatic rings. The molecule has 0 spiro atoms. The van der Waals surface area contributed by atoms with Crippen LogP contribution in [0.4, 0.5) is 5.82 Å². The minimum atomic E-state index is 0.808. The van der Waals surface area contributed by atoms with Gasteiger partial charge in [-0.1, -0.05) is 67.6 Å². The highest BCUT2D eigenvalue weighted by atomic mass is 79.9. The fraction of sp³-hybridized carbons (Fsp3) is 0.200. The Bertz CT molecular complexity index is 734. The lowest BCUT2D eigenvalue weighted by Crippen LogP contribution is -2.23. The normalized spacial score (nSPS) is 10.6. The van der Waals surface area contributed by atoms with Gasteiger partial charge in [0.2, 0.25) is 0 Å². The SMILES string of the molecule is CCc1nc(Br)cc(N(Cc2ccccc2)Cc2ccccc2)n1. The largest absolute Gasteiger partial charge is 0.348 e. The molecule has 0 fully saturated rings. The summed E-state index contributed by atoms with van der Waals surface area (Å²) in [5, 5.41) is 0. The van der Waals surface area contributed by atoms with E-state index in [1.54, 1.807) is 0 Å². The molecule has 0 saturated carbocycles. The first kappa shape index (κ1) is 16.7. The molecule has 3 nitrogen and oxygen atoms in total. The quantitative estimate of drug-likeness (QED) is 0.562. The van der Waals surface area contributed by atoms with Gasteiger partial charge in [-0.2, -0.15) is 0 Å². The number of aryl methyl sites for hydroxylation is 1. The van der Waals surface area contributed by atoms with Gasteiger partial charge in [-0.3, -0.25) is 0 Å². The molecular formula is C20H20BrN3. The molecule has 3 aromatic rings. The van der Waals surface area contributed by atoms with Crippen LogP contribution in [0.3, 0.4) is 0 Å². The summed E-state index contributed by atoms with van der Waals surface area (Å²) in [5.41, 5.74) is 2.53. The van der Waals surface area contributed by atoms with E-state index in [2.05, 4.69) is 81.3 Å². The van der Waals surface area contributed by atoms with Gasteiger partial charge < -0.3 is 4.90 Å². The number of halogens is 1. The van der Waals surface area contributed by atoms with Crippen molar-refractivity contribution in [1.82, 2.24) is 9.97 Å².